The van der Waals surface area contributed by atoms with E-state index in [2.05, 4.69) is 11.0 Å². The lowest BCUT2D eigenvalue weighted by Gasteiger charge is -2.46. The molecule has 2 aliphatic heterocycles. The van der Waals surface area contributed by atoms with Crippen LogP contribution in [-0.2, 0) is 17.6 Å². The molecule has 124 valence electrons. The smallest absolute Gasteiger partial charge is 0.223 e. The van der Waals surface area contributed by atoms with Gasteiger partial charge in [0.15, 0.2) is 0 Å². The van der Waals surface area contributed by atoms with Gasteiger partial charge < -0.3 is 4.90 Å². The molecule has 1 aromatic carbocycles. The number of nitrogens with zero attached hydrogens (tertiary/aromatic N) is 2. The van der Waals surface area contributed by atoms with Crippen molar-refractivity contribution in [1.29, 1.82) is 0 Å². The summed E-state index contributed by atoms with van der Waals surface area (Å²) in [6, 6.07) is 8.18. The maximum atomic E-state index is 12.6. The molecule has 0 bridgehead atoms. The molecule has 0 unspecified atom stereocenters. The lowest BCUT2D eigenvalue weighted by Crippen LogP contribution is -2.55. The van der Waals surface area contributed by atoms with Crippen LogP contribution in [0.5, 0.6) is 0 Å². The number of aromatic nitrogens is 1. The van der Waals surface area contributed by atoms with E-state index in [1.807, 2.05) is 18.2 Å². The summed E-state index contributed by atoms with van der Waals surface area (Å²) in [5.74, 6) is 0.924. The molecule has 0 saturated carbocycles. The van der Waals surface area contributed by atoms with Crippen molar-refractivity contribution >= 4 is 28.4 Å². The second-order valence-corrected chi connectivity index (χ2v) is 8.03. The molecule has 5 rings (SSSR count). The molecule has 1 aliphatic carbocycles. The van der Waals surface area contributed by atoms with E-state index in [1.165, 1.54) is 11.3 Å². The van der Waals surface area contributed by atoms with Crippen molar-refractivity contribution in [3.8, 4) is 0 Å². The number of benzene rings is 1. The van der Waals surface area contributed by atoms with Crippen molar-refractivity contribution in [3.63, 3.8) is 0 Å². The van der Waals surface area contributed by atoms with Crippen LogP contribution in [-0.4, -0.2) is 27.9 Å². The maximum Gasteiger partial charge on any atom is 0.223 e. The van der Waals surface area contributed by atoms with Crippen LogP contribution in [0, 0.1) is 5.92 Å². The molecule has 0 radical (unpaired) electrons. The maximum absolute atomic E-state index is 12.6. The minimum atomic E-state index is 0.0389. The van der Waals surface area contributed by atoms with E-state index in [0.717, 1.165) is 67.4 Å². The van der Waals surface area contributed by atoms with E-state index in [-0.39, 0.29) is 5.54 Å². The van der Waals surface area contributed by atoms with E-state index in [9.17, 15) is 4.79 Å². The predicted molar refractivity (Wildman–Crippen MR) is 95.2 cm³/mol. The summed E-state index contributed by atoms with van der Waals surface area (Å²) in [6.07, 6.45) is 7.13. The Hall–Kier alpha value is -1.61. The van der Waals surface area contributed by atoms with Crippen molar-refractivity contribution in [2.24, 2.45) is 5.92 Å². The van der Waals surface area contributed by atoms with Crippen molar-refractivity contribution in [2.75, 3.05) is 6.54 Å². The van der Waals surface area contributed by atoms with Gasteiger partial charge in [-0.2, -0.15) is 0 Å². The molecule has 24 heavy (non-hydrogen) atoms. The highest BCUT2D eigenvalue weighted by Crippen LogP contribution is 2.48. The van der Waals surface area contributed by atoms with Crippen LogP contribution in [0.3, 0.4) is 0 Å². The van der Waals surface area contributed by atoms with Gasteiger partial charge in [-0.15, -0.1) is 0 Å². The molecular weight excluding hydrogens is 320 g/mol. The van der Waals surface area contributed by atoms with Gasteiger partial charge in [-0.3, -0.25) is 9.78 Å². The molecule has 0 N–H and O–H groups in total. The van der Waals surface area contributed by atoms with Gasteiger partial charge in [0.1, 0.15) is 0 Å². The zero-order valence-corrected chi connectivity index (χ0v) is 14.5. The van der Waals surface area contributed by atoms with E-state index in [1.54, 1.807) is 0 Å². The van der Waals surface area contributed by atoms with Crippen LogP contribution in [0.2, 0.25) is 5.02 Å². The number of pyridine rings is 1. The van der Waals surface area contributed by atoms with Gasteiger partial charge in [0.05, 0.1) is 11.1 Å². The third kappa shape index (κ3) is 1.97. The van der Waals surface area contributed by atoms with Crippen molar-refractivity contribution < 1.29 is 4.79 Å². The second kappa shape index (κ2) is 5.19. The lowest BCUT2D eigenvalue weighted by molar-refractivity contribution is -0.136. The largest absolute Gasteiger partial charge is 0.336 e. The van der Waals surface area contributed by atoms with E-state index in [4.69, 9.17) is 16.6 Å². The van der Waals surface area contributed by atoms with E-state index < -0.39 is 0 Å². The van der Waals surface area contributed by atoms with Gasteiger partial charge in [0, 0.05) is 29.1 Å². The Morgan fingerprint density at radius 2 is 2.21 bits per heavy atom. The van der Waals surface area contributed by atoms with Gasteiger partial charge in [0.25, 0.3) is 0 Å². The Balaban J connectivity index is 1.67. The highest BCUT2D eigenvalue weighted by atomic mass is 35.5. The summed E-state index contributed by atoms with van der Waals surface area (Å²) in [5, 5.41) is 1.81. The second-order valence-electron chi connectivity index (χ2n) is 7.62. The van der Waals surface area contributed by atoms with Crippen LogP contribution in [0.25, 0.3) is 10.9 Å². The number of hydrogen-bond acceptors (Lipinski definition) is 2. The zero-order chi connectivity index (χ0) is 16.3. The topological polar surface area (TPSA) is 33.2 Å². The molecule has 3 nitrogen and oxygen atoms in total. The summed E-state index contributed by atoms with van der Waals surface area (Å²) < 4.78 is 0. The highest BCUT2D eigenvalue weighted by Gasteiger charge is 2.52. The monoisotopic (exact) mass is 340 g/mol. The first-order valence-electron chi connectivity index (χ1n) is 9.05. The lowest BCUT2D eigenvalue weighted by atomic mass is 9.68. The van der Waals surface area contributed by atoms with Gasteiger partial charge in [-0.25, -0.2) is 0 Å². The molecular formula is C20H21ClN2O. The summed E-state index contributed by atoms with van der Waals surface area (Å²) in [4.78, 5) is 19.8. The molecule has 3 heterocycles. The number of amides is 1. The number of hydrogen-bond donors (Lipinski definition) is 0. The molecule has 2 aromatic rings. The molecule has 2 fully saturated rings. The number of halogens is 1. The molecule has 2 atom stereocenters. The fraction of sp³-hybridized carbons (Fsp3) is 0.500. The van der Waals surface area contributed by atoms with Gasteiger partial charge in [-0.05, 0) is 68.2 Å². The number of fused-ring (bicyclic) bond motifs is 2. The summed E-state index contributed by atoms with van der Waals surface area (Å²) >= 11 is 6.39. The molecule has 4 heteroatoms. The Labute approximate surface area is 147 Å². The van der Waals surface area contributed by atoms with Gasteiger partial charge in [0.2, 0.25) is 5.91 Å². The Morgan fingerprint density at radius 1 is 1.29 bits per heavy atom. The number of rotatable bonds is 0. The zero-order valence-electron chi connectivity index (χ0n) is 13.7. The Morgan fingerprint density at radius 3 is 3.12 bits per heavy atom. The average Bonchev–Trinajstić information content (AvgIpc) is 2.93. The predicted octanol–water partition coefficient (Wildman–Crippen LogP) is 4.15. The normalized spacial score (nSPS) is 29.1. The highest BCUT2D eigenvalue weighted by molar-refractivity contribution is 6.35. The fourth-order valence-electron chi connectivity index (χ4n) is 5.36. The molecule has 1 aromatic heterocycles. The third-order valence-electron chi connectivity index (χ3n) is 6.44. The van der Waals surface area contributed by atoms with Gasteiger partial charge >= 0.3 is 0 Å². The van der Waals surface area contributed by atoms with Crippen LogP contribution >= 0.6 is 11.6 Å². The van der Waals surface area contributed by atoms with Crippen LogP contribution in [0.4, 0.5) is 0 Å². The van der Waals surface area contributed by atoms with Crippen LogP contribution in [0.1, 0.15) is 43.4 Å². The minimum Gasteiger partial charge on any atom is -0.336 e. The summed E-state index contributed by atoms with van der Waals surface area (Å²) in [6.45, 7) is 0.937. The summed E-state index contributed by atoms with van der Waals surface area (Å²) in [5.41, 5.74) is 3.55. The summed E-state index contributed by atoms with van der Waals surface area (Å²) in [7, 11) is 0. The SMILES string of the molecule is O=C1CCC[C@H]2Cc3nc4cccc(Cl)c4cc3C[C@]23CCCN13. The standard InChI is InChI=1S/C20H21ClN2O/c21-16-5-2-6-17-15(16)10-13-12-20-8-3-9-23(20)19(24)7-1-4-14(20)11-18(13)22-17/h2,5-6,10,14H,1,3-4,7-9,11-12H2/t14-,20+/m0/s1. The Bertz CT molecular complexity index is 849. The minimum absolute atomic E-state index is 0.0389. The molecule has 1 amide bonds. The molecule has 3 aliphatic rings. The van der Waals surface area contributed by atoms with Gasteiger partial charge in [-0.1, -0.05) is 17.7 Å². The van der Waals surface area contributed by atoms with E-state index >= 15 is 0 Å². The first-order chi connectivity index (χ1) is 11.7. The van der Waals surface area contributed by atoms with Crippen molar-refractivity contribution in [2.45, 2.75) is 50.5 Å². The molecule has 2 saturated heterocycles. The quantitative estimate of drug-likeness (QED) is 0.722. The molecule has 1 spiro atoms. The van der Waals surface area contributed by atoms with Crippen molar-refractivity contribution in [3.05, 3.63) is 40.5 Å². The fourth-order valence-corrected chi connectivity index (χ4v) is 5.58. The first kappa shape index (κ1) is 14.7. The van der Waals surface area contributed by atoms with E-state index in [0.29, 0.717) is 11.8 Å². The van der Waals surface area contributed by atoms with Crippen molar-refractivity contribution in [1.82, 2.24) is 9.88 Å². The Kier molecular flexibility index (Phi) is 3.18. The van der Waals surface area contributed by atoms with Crippen LogP contribution in [0.15, 0.2) is 24.3 Å². The third-order valence-corrected chi connectivity index (χ3v) is 6.77. The van der Waals surface area contributed by atoms with Crippen LogP contribution < -0.4 is 0 Å². The average molecular weight is 341 g/mol. The number of carbonyl (C=O) groups is 1. The first-order valence-corrected chi connectivity index (χ1v) is 9.43. The number of carbonyl (C=O) groups excluding carboxylic acids is 1.